The Labute approximate surface area is 260 Å². The van der Waals surface area contributed by atoms with Crippen molar-refractivity contribution in [3.63, 3.8) is 0 Å². The van der Waals surface area contributed by atoms with Crippen LogP contribution in [-0.2, 0) is 16.1 Å². The number of likely N-dealkylation sites (N-methyl/N-ethyl adjacent to an activating group) is 1. The second kappa shape index (κ2) is 12.2. The number of benzene rings is 4. The highest BCUT2D eigenvalue weighted by Crippen LogP contribution is 2.35. The highest BCUT2D eigenvalue weighted by Gasteiger charge is 2.27. The van der Waals surface area contributed by atoms with Crippen LogP contribution in [0.15, 0.2) is 95.9 Å². The number of phenolic OH excluding ortho intramolecular Hbond substituents is 1. The summed E-state index contributed by atoms with van der Waals surface area (Å²) in [5, 5.41) is 18.2. The van der Waals surface area contributed by atoms with Gasteiger partial charge in [0, 0.05) is 48.0 Å². The molecular weight excluding hydrogens is 568 g/mol. The fraction of sp³-hybridized carbons (Fsp3) is 0.194. The van der Waals surface area contributed by atoms with E-state index in [1.165, 1.54) is 0 Å². The highest BCUT2D eigenvalue weighted by atomic mass is 16.5. The van der Waals surface area contributed by atoms with Crippen molar-refractivity contribution in [1.82, 2.24) is 9.88 Å². The normalized spacial score (nSPS) is 17.2. The summed E-state index contributed by atoms with van der Waals surface area (Å²) in [5.74, 6) is -0.190. The molecule has 3 heterocycles. The summed E-state index contributed by atoms with van der Waals surface area (Å²) in [4.78, 5) is 44.0. The number of nitrogens with zero attached hydrogens (tertiary/aromatic N) is 1. The lowest BCUT2D eigenvalue weighted by atomic mass is 9.92. The second-order valence-corrected chi connectivity index (χ2v) is 11.5. The predicted octanol–water partition coefficient (Wildman–Crippen LogP) is 6.69. The summed E-state index contributed by atoms with van der Waals surface area (Å²) in [6, 6.07) is 24.7. The number of aryl methyl sites for hydroxylation is 1. The lowest BCUT2D eigenvalue weighted by Gasteiger charge is -2.28. The Morgan fingerprint density at radius 1 is 0.933 bits per heavy atom. The fourth-order valence-electron chi connectivity index (χ4n) is 5.92. The van der Waals surface area contributed by atoms with Crippen molar-refractivity contribution in [3.05, 3.63) is 124 Å². The van der Waals surface area contributed by atoms with Crippen LogP contribution in [0.25, 0.3) is 21.9 Å². The first-order valence-electron chi connectivity index (χ1n) is 14.8. The Bertz CT molecular complexity index is 1980. The summed E-state index contributed by atoms with van der Waals surface area (Å²) in [6.45, 7) is 4.31. The molecule has 9 nitrogen and oxygen atoms in total. The van der Waals surface area contributed by atoms with Crippen molar-refractivity contribution in [2.75, 3.05) is 24.3 Å². The number of hydrogen-bond donors (Lipinski definition) is 4. The van der Waals surface area contributed by atoms with Gasteiger partial charge in [-0.2, -0.15) is 0 Å². The zero-order chi connectivity index (χ0) is 31.7. The van der Waals surface area contributed by atoms with Crippen molar-refractivity contribution in [1.29, 1.82) is 0 Å². The van der Waals surface area contributed by atoms with E-state index in [9.17, 15) is 19.5 Å². The molecule has 4 bridgehead atoms. The van der Waals surface area contributed by atoms with Gasteiger partial charge < -0.3 is 25.0 Å². The lowest BCUT2D eigenvalue weighted by Crippen LogP contribution is -2.35. The first-order chi connectivity index (χ1) is 21.7. The summed E-state index contributed by atoms with van der Waals surface area (Å²) in [5.41, 5.74) is 5.68. The minimum absolute atomic E-state index is 0.0892. The van der Waals surface area contributed by atoms with Crippen molar-refractivity contribution in [2.24, 2.45) is 0 Å². The van der Waals surface area contributed by atoms with E-state index >= 15 is 0 Å². The molecule has 2 atom stereocenters. The molecule has 4 aromatic carbocycles. The van der Waals surface area contributed by atoms with Crippen LogP contribution in [0.2, 0.25) is 0 Å². The molecule has 0 radical (unpaired) electrons. The number of nitrogens with one attached hydrogen (secondary N) is 3. The summed E-state index contributed by atoms with van der Waals surface area (Å²) in [7, 11) is 1.72. The number of carbonyl (C=O) groups excluding carboxylic acids is 2. The monoisotopic (exact) mass is 602 g/mol. The molecule has 4 N–H and O–H groups in total. The topological polar surface area (TPSA) is 124 Å². The first-order valence-corrected chi connectivity index (χ1v) is 14.8. The number of pyridine rings is 1. The van der Waals surface area contributed by atoms with E-state index in [2.05, 4.69) is 15.6 Å². The number of phenols is 1. The van der Waals surface area contributed by atoms with E-state index in [1.54, 1.807) is 54.5 Å². The van der Waals surface area contributed by atoms with Gasteiger partial charge >= 0.3 is 6.09 Å². The predicted molar refractivity (Wildman–Crippen MR) is 176 cm³/mol. The second-order valence-electron chi connectivity index (χ2n) is 11.5. The SMILES string of the molecule is Cc1cc2ccc1[C@@H](C)COC(=O)Nc1ccc(-c3ccccc3O)c(c1)CN(C)C(=O)[C@@H]2Nc1ccc2cc[nH]c(=O)c2c1. The van der Waals surface area contributed by atoms with Crippen LogP contribution in [0, 0.1) is 6.92 Å². The molecule has 0 fully saturated rings. The van der Waals surface area contributed by atoms with Gasteiger partial charge in [-0.25, -0.2) is 4.79 Å². The molecular formula is C36H34N4O5. The Kier molecular flexibility index (Phi) is 8.00. The van der Waals surface area contributed by atoms with Crippen molar-refractivity contribution >= 4 is 34.1 Å². The molecule has 228 valence electrons. The highest BCUT2D eigenvalue weighted by molar-refractivity contribution is 5.90. The zero-order valence-electron chi connectivity index (χ0n) is 25.3. The van der Waals surface area contributed by atoms with Gasteiger partial charge in [-0.1, -0.05) is 55.5 Å². The van der Waals surface area contributed by atoms with E-state index in [-0.39, 0.29) is 36.3 Å². The molecule has 2 aliphatic heterocycles. The number of aromatic nitrogens is 1. The molecule has 0 saturated carbocycles. The van der Waals surface area contributed by atoms with Gasteiger partial charge in [0.1, 0.15) is 11.8 Å². The Morgan fingerprint density at radius 2 is 1.76 bits per heavy atom. The maximum atomic E-state index is 14.4. The van der Waals surface area contributed by atoms with Gasteiger partial charge in [-0.15, -0.1) is 0 Å². The summed E-state index contributed by atoms with van der Waals surface area (Å²) >= 11 is 0. The van der Waals surface area contributed by atoms with Crippen molar-refractivity contribution < 1.29 is 19.4 Å². The number of aromatic amines is 1. The number of hydrogen-bond acceptors (Lipinski definition) is 6. The number of H-pyrrole nitrogens is 1. The Morgan fingerprint density at radius 3 is 2.56 bits per heavy atom. The average molecular weight is 603 g/mol. The van der Waals surface area contributed by atoms with Gasteiger partial charge in [-0.3, -0.25) is 14.9 Å². The van der Waals surface area contributed by atoms with E-state index in [0.717, 1.165) is 27.6 Å². The van der Waals surface area contributed by atoms with Crippen LogP contribution in [0.5, 0.6) is 5.75 Å². The number of anilines is 2. The molecule has 0 saturated heterocycles. The van der Waals surface area contributed by atoms with E-state index in [0.29, 0.717) is 27.9 Å². The molecule has 2 amide bonds. The minimum Gasteiger partial charge on any atom is -0.507 e. The van der Waals surface area contributed by atoms with Crippen LogP contribution in [0.4, 0.5) is 16.2 Å². The molecule has 7 rings (SSSR count). The van der Waals surface area contributed by atoms with Gasteiger partial charge in [0.25, 0.3) is 5.56 Å². The lowest BCUT2D eigenvalue weighted by molar-refractivity contribution is -0.131. The number of para-hydroxylation sites is 1. The molecule has 5 aromatic rings. The fourth-order valence-corrected chi connectivity index (χ4v) is 5.92. The third kappa shape index (κ3) is 6.10. The largest absolute Gasteiger partial charge is 0.507 e. The number of carbonyl (C=O) groups is 2. The number of aromatic hydroxyl groups is 1. The van der Waals surface area contributed by atoms with Gasteiger partial charge in [-0.05, 0) is 76.5 Å². The standard InChI is InChI=1S/C36H34N4O5/c1-21-16-24-9-12-28(21)22(2)20-45-36(44)39-26-11-13-29(30-6-4-5-7-32(30)41)25(17-26)19-40(3)35(43)33(24)38-27-10-8-23-14-15-37-34(42)31(23)18-27/h4-18,22,33,38,41H,19-20H2,1-3H3,(H,37,42)(H,39,44)/t22-,33+/m0/s1. The van der Waals surface area contributed by atoms with Crippen LogP contribution in [0.3, 0.4) is 0 Å². The number of amides is 2. The smallest absolute Gasteiger partial charge is 0.411 e. The minimum atomic E-state index is -0.779. The van der Waals surface area contributed by atoms with Crippen LogP contribution in [0.1, 0.15) is 41.1 Å². The van der Waals surface area contributed by atoms with Gasteiger partial charge in [0.15, 0.2) is 0 Å². The molecule has 0 aliphatic carbocycles. The zero-order valence-corrected chi connectivity index (χ0v) is 25.3. The third-order valence-electron chi connectivity index (χ3n) is 8.29. The van der Waals surface area contributed by atoms with Gasteiger partial charge in [0.05, 0.1) is 6.61 Å². The quantitative estimate of drug-likeness (QED) is 0.183. The van der Waals surface area contributed by atoms with Crippen LogP contribution >= 0.6 is 0 Å². The molecule has 9 heteroatoms. The molecule has 45 heavy (non-hydrogen) atoms. The number of rotatable bonds is 3. The van der Waals surface area contributed by atoms with Crippen molar-refractivity contribution in [2.45, 2.75) is 32.4 Å². The van der Waals surface area contributed by atoms with Crippen LogP contribution in [-0.4, -0.2) is 40.6 Å². The molecule has 0 spiro atoms. The third-order valence-corrected chi connectivity index (χ3v) is 8.29. The Hall–Kier alpha value is -5.57. The average Bonchev–Trinajstić information content (AvgIpc) is 3.02. The molecule has 2 aliphatic rings. The van der Waals surface area contributed by atoms with E-state index in [1.807, 2.05) is 62.4 Å². The maximum Gasteiger partial charge on any atom is 0.411 e. The van der Waals surface area contributed by atoms with E-state index in [4.69, 9.17) is 4.74 Å². The maximum absolute atomic E-state index is 14.4. The van der Waals surface area contributed by atoms with E-state index < -0.39 is 12.1 Å². The number of fused-ring (bicyclic) bond motifs is 10. The summed E-state index contributed by atoms with van der Waals surface area (Å²) < 4.78 is 5.58. The Balaban J connectivity index is 1.45. The van der Waals surface area contributed by atoms with Crippen molar-refractivity contribution in [3.8, 4) is 16.9 Å². The molecule has 0 unspecified atom stereocenters. The van der Waals surface area contributed by atoms with Gasteiger partial charge in [0.2, 0.25) is 5.91 Å². The first kappa shape index (κ1) is 29.5. The number of ether oxygens (including phenoxy) is 1. The molecule has 1 aromatic heterocycles. The van der Waals surface area contributed by atoms with Crippen LogP contribution < -0.4 is 16.2 Å². The summed E-state index contributed by atoms with van der Waals surface area (Å²) in [6.07, 6.45) is 1.03.